The quantitative estimate of drug-likeness (QED) is 0.791. The number of aliphatic carboxylic acids is 1. The summed E-state index contributed by atoms with van der Waals surface area (Å²) in [6, 6.07) is 9.25. The summed E-state index contributed by atoms with van der Waals surface area (Å²) in [6.45, 7) is 4.73. The number of likely N-dealkylation sites (N-methyl/N-ethyl adjacent to an activating group) is 1. The van der Waals surface area contributed by atoms with E-state index in [0.29, 0.717) is 13.2 Å². The molecule has 0 aliphatic carbocycles. The summed E-state index contributed by atoms with van der Waals surface area (Å²) >= 11 is 0. The molecule has 0 heterocycles. The van der Waals surface area contributed by atoms with Crippen molar-refractivity contribution in [3.8, 4) is 0 Å². The first-order valence-corrected chi connectivity index (χ1v) is 6.77. The van der Waals surface area contributed by atoms with E-state index in [9.17, 15) is 9.59 Å². The van der Waals surface area contributed by atoms with Crippen molar-refractivity contribution in [3.63, 3.8) is 0 Å². The number of hydrogen-bond acceptors (Lipinski definition) is 3. The van der Waals surface area contributed by atoms with E-state index in [2.05, 4.69) is 0 Å². The standard InChI is InChI=1S/C15H21NO4/c1-3-16(11-10-13(17)18)15(19)14(20-4-2)12-8-6-5-7-9-12/h5-9,14H,3-4,10-11H2,1-2H3,(H,17,18). The number of carboxylic acids is 1. The van der Waals surface area contributed by atoms with Gasteiger partial charge in [-0.3, -0.25) is 9.59 Å². The molecule has 0 fully saturated rings. The zero-order valence-corrected chi connectivity index (χ0v) is 11.9. The number of ether oxygens (including phenoxy) is 1. The molecule has 0 aliphatic heterocycles. The van der Waals surface area contributed by atoms with Gasteiger partial charge < -0.3 is 14.7 Å². The molecule has 1 amide bonds. The lowest BCUT2D eigenvalue weighted by atomic mass is 10.1. The van der Waals surface area contributed by atoms with Crippen molar-refractivity contribution in [2.75, 3.05) is 19.7 Å². The fourth-order valence-electron chi connectivity index (χ4n) is 1.93. The number of rotatable bonds is 8. The first kappa shape index (κ1) is 16.2. The first-order valence-electron chi connectivity index (χ1n) is 6.77. The summed E-state index contributed by atoms with van der Waals surface area (Å²) in [5.41, 5.74) is 0.785. The third kappa shape index (κ3) is 4.66. The predicted molar refractivity (Wildman–Crippen MR) is 75.3 cm³/mol. The summed E-state index contributed by atoms with van der Waals surface area (Å²) in [7, 11) is 0. The van der Waals surface area contributed by atoms with Gasteiger partial charge in [-0.1, -0.05) is 30.3 Å². The molecule has 1 rings (SSSR count). The minimum atomic E-state index is -0.913. The zero-order valence-electron chi connectivity index (χ0n) is 11.9. The topological polar surface area (TPSA) is 66.8 Å². The van der Waals surface area contributed by atoms with Crippen LogP contribution in [-0.2, 0) is 14.3 Å². The van der Waals surface area contributed by atoms with Crippen LogP contribution in [0.1, 0.15) is 31.9 Å². The van der Waals surface area contributed by atoms with Gasteiger partial charge in [0.15, 0.2) is 6.10 Å². The highest BCUT2D eigenvalue weighted by Gasteiger charge is 2.25. The lowest BCUT2D eigenvalue weighted by Crippen LogP contribution is -2.37. The summed E-state index contributed by atoms with van der Waals surface area (Å²) in [4.78, 5) is 24.6. The van der Waals surface area contributed by atoms with Gasteiger partial charge in [-0.15, -0.1) is 0 Å². The second kappa shape index (κ2) is 8.32. The van der Waals surface area contributed by atoms with Crippen LogP contribution in [0.2, 0.25) is 0 Å². The molecule has 5 nitrogen and oxygen atoms in total. The van der Waals surface area contributed by atoms with Crippen LogP contribution in [0, 0.1) is 0 Å². The van der Waals surface area contributed by atoms with Crippen molar-refractivity contribution in [2.24, 2.45) is 0 Å². The second-order valence-corrected chi connectivity index (χ2v) is 4.31. The SMILES string of the molecule is CCOC(C(=O)N(CC)CCC(=O)O)c1ccccc1. The Hall–Kier alpha value is -1.88. The number of amides is 1. The molecule has 0 spiro atoms. The van der Waals surface area contributed by atoms with Gasteiger partial charge in [0.25, 0.3) is 5.91 Å². The average molecular weight is 279 g/mol. The predicted octanol–water partition coefficient (Wildman–Crippen LogP) is 2.09. The van der Waals surface area contributed by atoms with E-state index in [1.54, 1.807) is 0 Å². The fourth-order valence-corrected chi connectivity index (χ4v) is 1.93. The van der Waals surface area contributed by atoms with E-state index in [1.807, 2.05) is 44.2 Å². The van der Waals surface area contributed by atoms with Crippen molar-refractivity contribution in [1.29, 1.82) is 0 Å². The van der Waals surface area contributed by atoms with Gasteiger partial charge in [-0.2, -0.15) is 0 Å². The average Bonchev–Trinajstić information content (AvgIpc) is 2.45. The molecule has 0 aliphatic rings. The van der Waals surface area contributed by atoms with E-state index in [0.717, 1.165) is 5.56 Å². The summed E-state index contributed by atoms with van der Waals surface area (Å²) in [5, 5.41) is 8.73. The molecule has 1 unspecified atom stereocenters. The minimum Gasteiger partial charge on any atom is -0.481 e. The summed E-state index contributed by atoms with van der Waals surface area (Å²) in [6.07, 6.45) is -0.734. The number of nitrogens with zero attached hydrogens (tertiary/aromatic N) is 1. The maximum absolute atomic E-state index is 12.5. The van der Waals surface area contributed by atoms with Crippen LogP contribution in [0.4, 0.5) is 0 Å². The Labute approximate surface area is 119 Å². The molecule has 20 heavy (non-hydrogen) atoms. The van der Waals surface area contributed by atoms with Gasteiger partial charge in [0.2, 0.25) is 0 Å². The van der Waals surface area contributed by atoms with E-state index >= 15 is 0 Å². The van der Waals surface area contributed by atoms with Crippen molar-refractivity contribution in [1.82, 2.24) is 4.90 Å². The van der Waals surface area contributed by atoms with E-state index in [4.69, 9.17) is 9.84 Å². The van der Waals surface area contributed by atoms with E-state index < -0.39 is 12.1 Å². The van der Waals surface area contributed by atoms with Gasteiger partial charge in [-0.25, -0.2) is 0 Å². The third-order valence-corrected chi connectivity index (χ3v) is 2.95. The molecule has 1 aromatic carbocycles. The summed E-state index contributed by atoms with van der Waals surface area (Å²) < 4.78 is 5.54. The third-order valence-electron chi connectivity index (χ3n) is 2.95. The maximum atomic E-state index is 12.5. The van der Waals surface area contributed by atoms with Gasteiger partial charge in [0, 0.05) is 19.7 Å². The molecular formula is C15H21NO4. The molecule has 110 valence electrons. The smallest absolute Gasteiger partial charge is 0.305 e. The van der Waals surface area contributed by atoms with Crippen molar-refractivity contribution >= 4 is 11.9 Å². The number of carbonyl (C=O) groups is 2. The Balaban J connectivity index is 2.84. The van der Waals surface area contributed by atoms with Gasteiger partial charge in [0.05, 0.1) is 6.42 Å². The van der Waals surface area contributed by atoms with Crippen LogP contribution < -0.4 is 0 Å². The monoisotopic (exact) mass is 279 g/mol. The van der Waals surface area contributed by atoms with Gasteiger partial charge in [0.1, 0.15) is 0 Å². The molecular weight excluding hydrogens is 258 g/mol. The molecule has 0 bridgehead atoms. The number of carbonyl (C=O) groups excluding carboxylic acids is 1. The van der Waals surface area contributed by atoms with Gasteiger partial charge in [-0.05, 0) is 19.4 Å². The molecule has 5 heteroatoms. The van der Waals surface area contributed by atoms with Crippen LogP contribution in [0.25, 0.3) is 0 Å². The molecule has 0 aromatic heterocycles. The first-order chi connectivity index (χ1) is 9.60. The lowest BCUT2D eigenvalue weighted by molar-refractivity contribution is -0.145. The molecule has 1 aromatic rings. The molecule has 0 radical (unpaired) electrons. The highest BCUT2D eigenvalue weighted by molar-refractivity contribution is 5.82. The van der Waals surface area contributed by atoms with Crippen LogP contribution >= 0.6 is 0 Å². The van der Waals surface area contributed by atoms with Crippen LogP contribution in [0.5, 0.6) is 0 Å². The zero-order chi connectivity index (χ0) is 15.0. The van der Waals surface area contributed by atoms with E-state index in [1.165, 1.54) is 4.90 Å². The largest absolute Gasteiger partial charge is 0.481 e. The van der Waals surface area contributed by atoms with Crippen LogP contribution in [0.3, 0.4) is 0 Å². The Morgan fingerprint density at radius 2 is 1.90 bits per heavy atom. The van der Waals surface area contributed by atoms with Crippen LogP contribution in [0.15, 0.2) is 30.3 Å². The second-order valence-electron chi connectivity index (χ2n) is 4.31. The van der Waals surface area contributed by atoms with Crippen molar-refractivity contribution in [2.45, 2.75) is 26.4 Å². The highest BCUT2D eigenvalue weighted by Crippen LogP contribution is 2.20. The molecule has 0 saturated heterocycles. The highest BCUT2D eigenvalue weighted by atomic mass is 16.5. The fraction of sp³-hybridized carbons (Fsp3) is 0.467. The Morgan fingerprint density at radius 1 is 1.25 bits per heavy atom. The Bertz CT molecular complexity index is 433. The Morgan fingerprint density at radius 3 is 2.40 bits per heavy atom. The lowest BCUT2D eigenvalue weighted by Gasteiger charge is -2.26. The molecule has 1 N–H and O–H groups in total. The number of hydrogen-bond donors (Lipinski definition) is 1. The number of carboxylic acid groups (broad SMARTS) is 1. The van der Waals surface area contributed by atoms with E-state index in [-0.39, 0.29) is 18.9 Å². The summed E-state index contributed by atoms with van der Waals surface area (Å²) in [5.74, 6) is -1.11. The van der Waals surface area contributed by atoms with Crippen LogP contribution in [-0.4, -0.2) is 41.6 Å². The number of benzene rings is 1. The normalized spacial score (nSPS) is 11.9. The maximum Gasteiger partial charge on any atom is 0.305 e. The Kier molecular flexibility index (Phi) is 6.73. The van der Waals surface area contributed by atoms with Gasteiger partial charge >= 0.3 is 5.97 Å². The van der Waals surface area contributed by atoms with Crippen molar-refractivity contribution < 1.29 is 19.4 Å². The molecule has 0 saturated carbocycles. The van der Waals surface area contributed by atoms with Crippen molar-refractivity contribution in [3.05, 3.63) is 35.9 Å². The molecule has 1 atom stereocenters. The minimum absolute atomic E-state index is 0.0623.